The number of aromatic nitrogens is 3. The minimum atomic E-state index is -0.844. The predicted molar refractivity (Wildman–Crippen MR) is 109 cm³/mol. The Labute approximate surface area is 170 Å². The first-order chi connectivity index (χ1) is 14.4. The van der Waals surface area contributed by atoms with Gasteiger partial charge in [-0.2, -0.15) is 10.2 Å². The second kappa shape index (κ2) is 7.74. The lowest BCUT2D eigenvalue weighted by atomic mass is 10.1. The maximum Gasteiger partial charge on any atom is 0.273 e. The molecule has 1 aliphatic heterocycles. The topological polar surface area (TPSA) is 129 Å². The van der Waals surface area contributed by atoms with Gasteiger partial charge >= 0.3 is 0 Å². The zero-order valence-electron chi connectivity index (χ0n) is 16.0. The second-order valence-electron chi connectivity index (χ2n) is 6.75. The van der Waals surface area contributed by atoms with Crippen molar-refractivity contribution in [1.29, 1.82) is 0 Å². The summed E-state index contributed by atoms with van der Waals surface area (Å²) in [5, 5.41) is 15.4. The highest BCUT2D eigenvalue weighted by atomic mass is 19.1. The van der Waals surface area contributed by atoms with Gasteiger partial charge in [0.05, 0.1) is 11.4 Å². The van der Waals surface area contributed by atoms with Crippen molar-refractivity contribution >= 4 is 29.0 Å². The van der Waals surface area contributed by atoms with Crippen molar-refractivity contribution in [3.8, 4) is 11.3 Å². The standard InChI is InChI=1S/C20H18FN7O2/c1-11-17(12-6-8-23-9-7-12)25-26-19(11)24-20(30)15-10-16(18(22)29)28(27-15)14-4-2-13(21)3-5-14/h2-9,16H,10H2,1H3,(H2,22,29)(H2,24,25,26,30). The van der Waals surface area contributed by atoms with E-state index in [9.17, 15) is 14.0 Å². The maximum atomic E-state index is 13.2. The van der Waals surface area contributed by atoms with Crippen LogP contribution in [-0.4, -0.2) is 38.7 Å². The Bertz CT molecular complexity index is 1130. The molecule has 30 heavy (non-hydrogen) atoms. The molecular weight excluding hydrogens is 389 g/mol. The van der Waals surface area contributed by atoms with Crippen LogP contribution in [0.1, 0.15) is 12.0 Å². The summed E-state index contributed by atoms with van der Waals surface area (Å²) < 4.78 is 13.2. The third kappa shape index (κ3) is 3.62. The molecule has 1 atom stereocenters. The fourth-order valence-electron chi connectivity index (χ4n) is 3.20. The van der Waals surface area contributed by atoms with Crippen LogP contribution in [-0.2, 0) is 9.59 Å². The Balaban J connectivity index is 1.56. The minimum absolute atomic E-state index is 0.0270. The third-order valence-electron chi connectivity index (χ3n) is 4.80. The van der Waals surface area contributed by atoms with E-state index in [0.717, 1.165) is 16.8 Å². The highest BCUT2D eigenvalue weighted by Gasteiger charge is 2.35. The molecule has 0 fully saturated rings. The number of hydrazone groups is 1. The summed E-state index contributed by atoms with van der Waals surface area (Å²) in [6, 6.07) is 8.23. The Hall–Kier alpha value is -4.08. The normalized spacial score (nSPS) is 15.7. The van der Waals surface area contributed by atoms with Crippen LogP contribution in [0.25, 0.3) is 11.3 Å². The molecule has 1 unspecified atom stereocenters. The fourth-order valence-corrected chi connectivity index (χ4v) is 3.20. The lowest BCUT2D eigenvalue weighted by Crippen LogP contribution is -2.39. The molecule has 152 valence electrons. The van der Waals surface area contributed by atoms with Gasteiger partial charge in [-0.1, -0.05) is 0 Å². The Kier molecular flexibility index (Phi) is 4.97. The monoisotopic (exact) mass is 407 g/mol. The summed E-state index contributed by atoms with van der Waals surface area (Å²) in [5.74, 6) is -1.21. The van der Waals surface area contributed by atoms with Gasteiger partial charge in [0.25, 0.3) is 5.91 Å². The number of benzene rings is 1. The zero-order valence-corrected chi connectivity index (χ0v) is 16.0. The second-order valence-corrected chi connectivity index (χ2v) is 6.75. The largest absolute Gasteiger partial charge is 0.368 e. The van der Waals surface area contributed by atoms with E-state index in [-0.39, 0.29) is 12.1 Å². The van der Waals surface area contributed by atoms with Gasteiger partial charge in [0.15, 0.2) is 5.82 Å². The van der Waals surface area contributed by atoms with Gasteiger partial charge in [0.1, 0.15) is 17.6 Å². The van der Waals surface area contributed by atoms with Crippen molar-refractivity contribution in [2.45, 2.75) is 19.4 Å². The van der Waals surface area contributed by atoms with Crippen molar-refractivity contribution in [1.82, 2.24) is 15.2 Å². The summed E-state index contributed by atoms with van der Waals surface area (Å²) >= 11 is 0. The molecule has 10 heteroatoms. The highest BCUT2D eigenvalue weighted by Crippen LogP contribution is 2.27. The number of aromatic amines is 1. The van der Waals surface area contributed by atoms with Gasteiger partial charge in [-0.15, -0.1) is 0 Å². The number of H-pyrrole nitrogens is 1. The number of anilines is 2. The molecule has 0 spiro atoms. The molecule has 0 radical (unpaired) electrons. The van der Waals surface area contributed by atoms with Crippen LogP contribution in [0, 0.1) is 12.7 Å². The molecule has 2 amide bonds. The van der Waals surface area contributed by atoms with Crippen molar-refractivity contribution in [2.75, 3.05) is 10.3 Å². The van der Waals surface area contributed by atoms with Crippen LogP contribution in [0.5, 0.6) is 0 Å². The summed E-state index contributed by atoms with van der Waals surface area (Å²) in [5.41, 5.74) is 8.44. The van der Waals surface area contributed by atoms with Gasteiger partial charge < -0.3 is 11.1 Å². The van der Waals surface area contributed by atoms with Gasteiger partial charge in [0, 0.05) is 29.9 Å². The molecule has 2 aromatic heterocycles. The van der Waals surface area contributed by atoms with Crippen LogP contribution in [0.4, 0.5) is 15.9 Å². The van der Waals surface area contributed by atoms with Crippen molar-refractivity contribution in [2.24, 2.45) is 10.8 Å². The molecule has 4 N–H and O–H groups in total. The summed E-state index contributed by atoms with van der Waals surface area (Å²) in [6.07, 6.45) is 3.35. The number of pyridine rings is 1. The molecule has 0 saturated carbocycles. The van der Waals surface area contributed by atoms with Crippen molar-refractivity contribution in [3.05, 3.63) is 60.2 Å². The van der Waals surface area contributed by atoms with E-state index < -0.39 is 23.7 Å². The average Bonchev–Trinajstić information content (AvgIpc) is 3.34. The molecule has 1 aliphatic rings. The summed E-state index contributed by atoms with van der Waals surface area (Å²) in [7, 11) is 0. The minimum Gasteiger partial charge on any atom is -0.368 e. The number of hydrogen-bond acceptors (Lipinski definition) is 6. The van der Waals surface area contributed by atoms with E-state index in [4.69, 9.17) is 5.73 Å². The van der Waals surface area contributed by atoms with Crippen LogP contribution in [0.2, 0.25) is 0 Å². The molecule has 0 saturated heterocycles. The summed E-state index contributed by atoms with van der Waals surface area (Å²) in [6.45, 7) is 1.82. The molecule has 1 aromatic carbocycles. The average molecular weight is 407 g/mol. The highest BCUT2D eigenvalue weighted by molar-refractivity contribution is 6.44. The number of halogens is 1. The number of hydrogen-bond donors (Lipinski definition) is 3. The number of rotatable bonds is 5. The van der Waals surface area contributed by atoms with Crippen LogP contribution < -0.4 is 16.1 Å². The molecule has 0 aliphatic carbocycles. The quantitative estimate of drug-likeness (QED) is 0.595. The predicted octanol–water partition coefficient (Wildman–Crippen LogP) is 1.98. The lowest BCUT2D eigenvalue weighted by molar-refractivity contribution is -0.119. The SMILES string of the molecule is Cc1c(NC(=O)C2=NN(c3ccc(F)cc3)C(C(N)=O)C2)n[nH]c1-c1ccncc1. The van der Waals surface area contributed by atoms with E-state index >= 15 is 0 Å². The number of amides is 2. The summed E-state index contributed by atoms with van der Waals surface area (Å²) in [4.78, 5) is 28.6. The van der Waals surface area contributed by atoms with Crippen LogP contribution in [0.3, 0.4) is 0 Å². The number of carbonyl (C=O) groups is 2. The van der Waals surface area contributed by atoms with Gasteiger partial charge in [-0.3, -0.25) is 24.7 Å². The van der Waals surface area contributed by atoms with Crippen molar-refractivity contribution in [3.63, 3.8) is 0 Å². The first-order valence-corrected chi connectivity index (χ1v) is 9.12. The van der Waals surface area contributed by atoms with E-state index in [2.05, 4.69) is 25.6 Å². The number of nitrogens with two attached hydrogens (primary N) is 1. The van der Waals surface area contributed by atoms with E-state index in [1.165, 1.54) is 29.3 Å². The maximum absolute atomic E-state index is 13.2. The van der Waals surface area contributed by atoms with E-state index in [1.807, 2.05) is 19.1 Å². The number of primary amides is 1. The Morgan fingerprint density at radius 2 is 1.90 bits per heavy atom. The third-order valence-corrected chi connectivity index (χ3v) is 4.80. The van der Waals surface area contributed by atoms with E-state index in [0.29, 0.717) is 11.5 Å². The van der Waals surface area contributed by atoms with Gasteiger partial charge in [-0.25, -0.2) is 4.39 Å². The molecule has 3 aromatic rings. The fraction of sp³-hybridized carbons (Fsp3) is 0.150. The Morgan fingerprint density at radius 3 is 2.57 bits per heavy atom. The number of carbonyl (C=O) groups excluding carboxylic acids is 2. The van der Waals surface area contributed by atoms with E-state index in [1.54, 1.807) is 12.4 Å². The van der Waals surface area contributed by atoms with Crippen LogP contribution in [0.15, 0.2) is 53.9 Å². The number of nitrogens with zero attached hydrogens (tertiary/aromatic N) is 4. The first-order valence-electron chi connectivity index (χ1n) is 9.12. The molecule has 9 nitrogen and oxygen atoms in total. The van der Waals surface area contributed by atoms with Crippen LogP contribution >= 0.6 is 0 Å². The zero-order chi connectivity index (χ0) is 21.3. The van der Waals surface area contributed by atoms with Gasteiger partial charge in [-0.05, 0) is 43.3 Å². The number of nitrogens with one attached hydrogen (secondary N) is 2. The molecule has 3 heterocycles. The lowest BCUT2D eigenvalue weighted by Gasteiger charge is -2.20. The smallest absolute Gasteiger partial charge is 0.273 e. The molecule has 4 rings (SSSR count). The van der Waals surface area contributed by atoms with Crippen molar-refractivity contribution < 1.29 is 14.0 Å². The van der Waals surface area contributed by atoms with Gasteiger partial charge in [0.2, 0.25) is 5.91 Å². The first kappa shape index (κ1) is 19.2. The Morgan fingerprint density at radius 1 is 1.20 bits per heavy atom. The molecular formula is C20H18FN7O2. The molecule has 0 bridgehead atoms.